The van der Waals surface area contributed by atoms with Crippen LogP contribution in [0.25, 0.3) is 0 Å². The van der Waals surface area contributed by atoms with Gasteiger partial charge < -0.3 is 5.41 Å². The first-order chi connectivity index (χ1) is 5.43. The molecule has 1 unspecified atom stereocenters. The van der Waals surface area contributed by atoms with Crippen molar-refractivity contribution in [3.63, 3.8) is 0 Å². The highest BCUT2D eigenvalue weighted by atomic mass is 28.3. The Hall–Kier alpha value is -0.373. The highest BCUT2D eigenvalue weighted by Gasteiger charge is 2.27. The molecule has 0 amide bonds. The van der Waals surface area contributed by atoms with Gasteiger partial charge in [0, 0.05) is 5.71 Å². The van der Waals surface area contributed by atoms with E-state index in [1.165, 1.54) is 0 Å². The van der Waals surface area contributed by atoms with Gasteiger partial charge in [0.25, 0.3) is 0 Å². The normalized spacial score (nSPS) is 15.1. The molecule has 0 aromatic carbocycles. The van der Waals surface area contributed by atoms with Gasteiger partial charge in [-0.15, -0.1) is 0 Å². The van der Waals surface area contributed by atoms with Gasteiger partial charge in [-0.1, -0.05) is 39.1 Å². The van der Waals surface area contributed by atoms with Crippen LogP contribution in [-0.2, 0) is 0 Å². The van der Waals surface area contributed by atoms with Crippen LogP contribution in [0, 0.1) is 5.41 Å². The average molecular weight is 183 g/mol. The molecule has 0 spiro atoms. The predicted octanol–water partition coefficient (Wildman–Crippen LogP) is 3.70. The molecule has 0 saturated heterocycles. The molecule has 0 aliphatic carbocycles. The van der Waals surface area contributed by atoms with Crippen LogP contribution in [0.5, 0.6) is 0 Å². The zero-order chi connectivity index (χ0) is 9.78. The second kappa shape index (κ2) is 4.60. The van der Waals surface area contributed by atoms with Crippen LogP contribution in [0.1, 0.15) is 20.3 Å². The molecule has 0 fully saturated rings. The second-order valence-electron chi connectivity index (χ2n) is 4.28. The molecule has 1 nitrogen and oxygen atoms in total. The lowest BCUT2D eigenvalue weighted by Crippen LogP contribution is -2.32. The first kappa shape index (κ1) is 11.6. The number of nitrogens with one attached hydrogen (secondary N) is 1. The van der Waals surface area contributed by atoms with Crippen molar-refractivity contribution in [3.8, 4) is 0 Å². The second-order valence-corrected chi connectivity index (χ2v) is 9.71. The summed E-state index contributed by atoms with van der Waals surface area (Å²) in [6, 6.07) is 0. The van der Waals surface area contributed by atoms with E-state index < -0.39 is 8.07 Å². The number of rotatable bonds is 4. The Kier molecular flexibility index (Phi) is 4.46. The third-order valence-corrected chi connectivity index (χ3v) is 4.99. The summed E-state index contributed by atoms with van der Waals surface area (Å²) in [7, 11) is -1.16. The summed E-state index contributed by atoms with van der Waals surface area (Å²) in [5.74, 6) is 0. The van der Waals surface area contributed by atoms with Crippen LogP contribution in [0.4, 0.5) is 0 Å². The van der Waals surface area contributed by atoms with E-state index in [2.05, 4.69) is 26.6 Å². The molecule has 0 heterocycles. The van der Waals surface area contributed by atoms with Gasteiger partial charge in [0.05, 0.1) is 8.07 Å². The topological polar surface area (TPSA) is 23.9 Å². The lowest BCUT2D eigenvalue weighted by Gasteiger charge is -2.27. The summed E-state index contributed by atoms with van der Waals surface area (Å²) in [4.78, 5) is 0. The Labute approximate surface area is 77.4 Å². The molecule has 0 saturated carbocycles. The van der Waals surface area contributed by atoms with Gasteiger partial charge in [0.2, 0.25) is 0 Å². The molecule has 70 valence electrons. The van der Waals surface area contributed by atoms with Crippen molar-refractivity contribution >= 4 is 13.8 Å². The molecule has 12 heavy (non-hydrogen) atoms. The Morgan fingerprint density at radius 3 is 2.17 bits per heavy atom. The fourth-order valence-corrected chi connectivity index (χ4v) is 3.85. The third-order valence-electron chi connectivity index (χ3n) is 2.18. The summed E-state index contributed by atoms with van der Waals surface area (Å²) < 4.78 is 0. The predicted molar refractivity (Wildman–Crippen MR) is 59.9 cm³/mol. The molecule has 0 aromatic heterocycles. The summed E-state index contributed by atoms with van der Waals surface area (Å²) in [5.41, 5.74) is 1.34. The highest BCUT2D eigenvalue weighted by Crippen LogP contribution is 2.26. The molecule has 0 radical (unpaired) electrons. The smallest absolute Gasteiger partial charge is 0.0541 e. The van der Waals surface area contributed by atoms with Crippen LogP contribution in [-0.4, -0.2) is 13.8 Å². The van der Waals surface area contributed by atoms with Gasteiger partial charge in [-0.3, -0.25) is 0 Å². The van der Waals surface area contributed by atoms with Crippen molar-refractivity contribution < 1.29 is 0 Å². The lowest BCUT2D eigenvalue weighted by atomic mass is 10.2. The van der Waals surface area contributed by atoms with E-state index >= 15 is 0 Å². The SMILES string of the molecule is CC=CC(=N)C(CC)[Si](C)(C)C. The average Bonchev–Trinajstić information content (AvgIpc) is 1.85. The van der Waals surface area contributed by atoms with Crippen molar-refractivity contribution in [1.29, 1.82) is 5.41 Å². The van der Waals surface area contributed by atoms with E-state index in [0.717, 1.165) is 12.1 Å². The zero-order valence-electron chi connectivity index (χ0n) is 8.94. The van der Waals surface area contributed by atoms with Gasteiger partial charge >= 0.3 is 0 Å². The van der Waals surface area contributed by atoms with Crippen LogP contribution in [0.15, 0.2) is 12.2 Å². The molecule has 0 aliphatic rings. The van der Waals surface area contributed by atoms with Crippen molar-refractivity contribution in [2.45, 2.75) is 45.5 Å². The quantitative estimate of drug-likeness (QED) is 0.507. The van der Waals surface area contributed by atoms with E-state index in [-0.39, 0.29) is 0 Å². The largest absolute Gasteiger partial charge is 0.305 e. The van der Waals surface area contributed by atoms with E-state index in [4.69, 9.17) is 5.41 Å². The fourth-order valence-electron chi connectivity index (χ4n) is 1.59. The van der Waals surface area contributed by atoms with Crippen LogP contribution in [0.2, 0.25) is 25.2 Å². The number of hydrogen-bond acceptors (Lipinski definition) is 1. The van der Waals surface area contributed by atoms with Gasteiger partial charge in [0.1, 0.15) is 0 Å². The minimum atomic E-state index is -1.16. The molecule has 2 heteroatoms. The minimum Gasteiger partial charge on any atom is -0.305 e. The fraction of sp³-hybridized carbons (Fsp3) is 0.700. The summed E-state index contributed by atoms with van der Waals surface area (Å²) in [5, 5.41) is 7.85. The van der Waals surface area contributed by atoms with E-state index in [9.17, 15) is 0 Å². The molecule has 0 aliphatic heterocycles. The first-order valence-electron chi connectivity index (χ1n) is 4.64. The maximum atomic E-state index is 7.85. The number of allylic oxidation sites excluding steroid dienone is 2. The highest BCUT2D eigenvalue weighted by molar-refractivity contribution is 6.80. The number of hydrogen-bond donors (Lipinski definition) is 1. The monoisotopic (exact) mass is 183 g/mol. The van der Waals surface area contributed by atoms with Crippen LogP contribution in [0.3, 0.4) is 0 Å². The molecular formula is C10H21NSi. The van der Waals surface area contributed by atoms with E-state index in [0.29, 0.717) is 5.54 Å². The summed E-state index contributed by atoms with van der Waals surface area (Å²) in [6.07, 6.45) is 5.01. The molecule has 1 atom stereocenters. The van der Waals surface area contributed by atoms with E-state index in [1.54, 1.807) is 0 Å². The van der Waals surface area contributed by atoms with Gasteiger partial charge in [-0.2, -0.15) is 0 Å². The summed E-state index contributed by atoms with van der Waals surface area (Å²) in [6.45, 7) is 11.2. The molecule has 0 bridgehead atoms. The van der Waals surface area contributed by atoms with Gasteiger partial charge in [-0.25, -0.2) is 0 Å². The molecule has 0 rings (SSSR count). The first-order valence-corrected chi connectivity index (χ1v) is 8.22. The maximum Gasteiger partial charge on any atom is 0.0541 e. The Morgan fingerprint density at radius 1 is 1.42 bits per heavy atom. The molecule has 1 N–H and O–H groups in total. The summed E-state index contributed by atoms with van der Waals surface area (Å²) >= 11 is 0. The van der Waals surface area contributed by atoms with Crippen molar-refractivity contribution in [2.24, 2.45) is 0 Å². The lowest BCUT2D eigenvalue weighted by molar-refractivity contribution is 0.947. The Morgan fingerprint density at radius 2 is 1.92 bits per heavy atom. The van der Waals surface area contributed by atoms with Crippen molar-refractivity contribution in [2.75, 3.05) is 0 Å². The minimum absolute atomic E-state index is 0.522. The van der Waals surface area contributed by atoms with Gasteiger partial charge in [0.15, 0.2) is 0 Å². The zero-order valence-corrected chi connectivity index (χ0v) is 9.94. The third kappa shape index (κ3) is 3.35. The van der Waals surface area contributed by atoms with Crippen molar-refractivity contribution in [1.82, 2.24) is 0 Å². The Bertz CT molecular complexity index is 177. The van der Waals surface area contributed by atoms with Gasteiger partial charge in [-0.05, 0) is 18.5 Å². The van der Waals surface area contributed by atoms with Crippen LogP contribution < -0.4 is 0 Å². The maximum absolute atomic E-state index is 7.85. The Balaban J connectivity index is 4.46. The van der Waals surface area contributed by atoms with Crippen LogP contribution >= 0.6 is 0 Å². The molecule has 0 aromatic rings. The van der Waals surface area contributed by atoms with Crippen molar-refractivity contribution in [3.05, 3.63) is 12.2 Å². The standard InChI is InChI=1S/C10H21NSi/c1-6-8-9(11)10(7-2)12(3,4)5/h6,8,10-11H,7H2,1-5H3. The molecular weight excluding hydrogens is 162 g/mol. The van der Waals surface area contributed by atoms with E-state index in [1.807, 2.05) is 19.1 Å².